The van der Waals surface area contributed by atoms with Gasteiger partial charge in [-0.05, 0) is 48.9 Å². The first kappa shape index (κ1) is 21.3. The zero-order chi connectivity index (χ0) is 22.3. The molecule has 9 heteroatoms. The van der Waals surface area contributed by atoms with Crippen LogP contribution in [-0.4, -0.2) is 22.0 Å². The number of para-hydroxylation sites is 1. The molecule has 0 aliphatic rings. The first-order valence-electron chi connectivity index (χ1n) is 9.81. The van der Waals surface area contributed by atoms with E-state index in [1.165, 1.54) is 0 Å². The molecule has 0 saturated carbocycles. The van der Waals surface area contributed by atoms with Gasteiger partial charge in [0.05, 0.1) is 12.8 Å². The number of benzene rings is 2. The summed E-state index contributed by atoms with van der Waals surface area (Å²) in [6.07, 6.45) is 1.55. The van der Waals surface area contributed by atoms with Crippen LogP contribution in [-0.2, 0) is 13.2 Å². The lowest BCUT2D eigenvalue weighted by Gasteiger charge is -2.07. The zero-order valence-corrected chi connectivity index (χ0v) is 18.0. The second kappa shape index (κ2) is 9.88. The molecule has 0 unspecified atom stereocenters. The summed E-state index contributed by atoms with van der Waals surface area (Å²) in [4.78, 5) is 24.9. The van der Waals surface area contributed by atoms with Crippen molar-refractivity contribution in [2.75, 3.05) is 5.32 Å². The third-order valence-electron chi connectivity index (χ3n) is 4.49. The number of carbonyl (C=O) groups is 2. The first-order chi connectivity index (χ1) is 15.6. The lowest BCUT2D eigenvalue weighted by atomic mass is 10.2. The number of aryl methyl sites for hydroxylation is 1. The van der Waals surface area contributed by atoms with Crippen LogP contribution in [0.15, 0.2) is 71.3 Å². The molecule has 32 heavy (non-hydrogen) atoms. The number of nitrogens with zero attached hydrogens (tertiary/aromatic N) is 2. The number of furan rings is 1. The Kier molecular flexibility index (Phi) is 6.57. The number of nitrogens with one attached hydrogen (secondary N) is 2. The summed E-state index contributed by atoms with van der Waals surface area (Å²) in [6, 6.07) is 17.9. The van der Waals surface area contributed by atoms with Crippen molar-refractivity contribution in [3.63, 3.8) is 0 Å². The normalized spacial score (nSPS) is 10.5. The molecule has 0 spiro atoms. The van der Waals surface area contributed by atoms with Crippen molar-refractivity contribution in [2.45, 2.75) is 20.1 Å². The number of ether oxygens (including phenoxy) is 1. The van der Waals surface area contributed by atoms with Crippen LogP contribution in [0, 0.1) is 6.92 Å². The maximum absolute atomic E-state index is 12.6. The Morgan fingerprint density at radius 1 is 1.03 bits per heavy atom. The smallest absolute Gasteiger partial charge is 0.286 e. The molecule has 2 N–H and O–H groups in total. The minimum absolute atomic E-state index is 0.209. The Balaban J connectivity index is 1.34. The van der Waals surface area contributed by atoms with Crippen molar-refractivity contribution >= 4 is 28.8 Å². The summed E-state index contributed by atoms with van der Waals surface area (Å²) < 4.78 is 11.0. The van der Waals surface area contributed by atoms with Gasteiger partial charge in [-0.15, -0.1) is 10.2 Å². The number of anilines is 1. The lowest BCUT2D eigenvalue weighted by molar-refractivity contribution is 0.0946. The standard InChI is InChI=1S/C23H20N4O4S/c1-15-6-2-3-10-19(15)31-14-20-26-27-23(32-20)22(29)25-17-8-4-7-16(12-17)21(28)24-13-18-9-5-11-30-18/h2-12H,13-14H2,1H3,(H,24,28)(H,25,29). The topological polar surface area (TPSA) is 106 Å². The fraction of sp³-hybridized carbons (Fsp3) is 0.130. The van der Waals surface area contributed by atoms with Crippen LogP contribution in [0.1, 0.15) is 36.5 Å². The number of aromatic nitrogens is 2. The summed E-state index contributed by atoms with van der Waals surface area (Å²) >= 11 is 1.15. The van der Waals surface area contributed by atoms with Crippen molar-refractivity contribution in [1.29, 1.82) is 0 Å². The van der Waals surface area contributed by atoms with Gasteiger partial charge in [0, 0.05) is 11.3 Å². The van der Waals surface area contributed by atoms with E-state index >= 15 is 0 Å². The average Bonchev–Trinajstić information content (AvgIpc) is 3.49. The van der Waals surface area contributed by atoms with Gasteiger partial charge in [0.1, 0.15) is 18.1 Å². The number of carbonyl (C=O) groups excluding carboxylic acids is 2. The molecule has 8 nitrogen and oxygen atoms in total. The number of amides is 2. The molecule has 2 heterocycles. The fourth-order valence-corrected chi connectivity index (χ4v) is 3.51. The molecule has 4 rings (SSSR count). The summed E-state index contributed by atoms with van der Waals surface area (Å²) in [7, 11) is 0. The van der Waals surface area contributed by atoms with E-state index in [0.717, 1.165) is 22.6 Å². The molecule has 2 aromatic carbocycles. The van der Waals surface area contributed by atoms with E-state index in [-0.39, 0.29) is 24.1 Å². The summed E-state index contributed by atoms with van der Waals surface area (Å²) in [5, 5.41) is 14.3. The van der Waals surface area contributed by atoms with Gasteiger partial charge in [0.15, 0.2) is 5.01 Å². The molecule has 0 atom stereocenters. The van der Waals surface area contributed by atoms with E-state index in [1.54, 1.807) is 42.7 Å². The molecule has 0 saturated heterocycles. The van der Waals surface area contributed by atoms with Crippen molar-refractivity contribution in [1.82, 2.24) is 15.5 Å². The maximum Gasteiger partial charge on any atom is 0.286 e. The van der Waals surface area contributed by atoms with E-state index in [2.05, 4.69) is 20.8 Å². The van der Waals surface area contributed by atoms with Gasteiger partial charge in [-0.25, -0.2) is 0 Å². The molecule has 2 aromatic heterocycles. The van der Waals surface area contributed by atoms with Crippen LogP contribution in [0.5, 0.6) is 5.75 Å². The molecule has 0 aliphatic heterocycles. The van der Waals surface area contributed by atoms with Gasteiger partial charge in [-0.2, -0.15) is 0 Å². The first-order valence-corrected chi connectivity index (χ1v) is 10.6. The predicted molar refractivity (Wildman–Crippen MR) is 120 cm³/mol. The Labute approximate surface area is 188 Å². The van der Waals surface area contributed by atoms with Gasteiger partial charge < -0.3 is 19.8 Å². The molecule has 162 valence electrons. The molecule has 4 aromatic rings. The maximum atomic E-state index is 12.6. The van der Waals surface area contributed by atoms with Crippen molar-refractivity contribution < 1.29 is 18.7 Å². The highest BCUT2D eigenvalue weighted by molar-refractivity contribution is 7.13. The van der Waals surface area contributed by atoms with Crippen LogP contribution in [0.25, 0.3) is 0 Å². The Bertz CT molecular complexity index is 1220. The van der Waals surface area contributed by atoms with Crippen molar-refractivity contribution in [3.05, 3.63) is 93.8 Å². The third kappa shape index (κ3) is 5.38. The summed E-state index contributed by atoms with van der Waals surface area (Å²) in [5.74, 6) is 0.735. The van der Waals surface area contributed by atoms with Crippen LogP contribution in [0.4, 0.5) is 5.69 Å². The Morgan fingerprint density at radius 2 is 1.91 bits per heavy atom. The van der Waals surface area contributed by atoms with E-state index in [0.29, 0.717) is 22.0 Å². The van der Waals surface area contributed by atoms with E-state index in [9.17, 15) is 9.59 Å². The molecule has 0 aliphatic carbocycles. The number of rotatable bonds is 8. The summed E-state index contributed by atoms with van der Waals surface area (Å²) in [6.45, 7) is 2.46. The quantitative estimate of drug-likeness (QED) is 0.418. The van der Waals surface area contributed by atoms with Gasteiger partial charge in [0.25, 0.3) is 11.8 Å². The average molecular weight is 449 g/mol. The predicted octanol–water partition coefficient (Wildman–Crippen LogP) is 4.20. The molecule has 0 bridgehead atoms. The molecular formula is C23H20N4O4S. The summed E-state index contributed by atoms with van der Waals surface area (Å²) in [5.41, 5.74) is 1.91. The minimum atomic E-state index is -0.405. The Hall–Kier alpha value is -3.98. The molecular weight excluding hydrogens is 428 g/mol. The zero-order valence-electron chi connectivity index (χ0n) is 17.2. The number of hydrogen-bond donors (Lipinski definition) is 2. The van der Waals surface area contributed by atoms with Gasteiger partial charge in [-0.3, -0.25) is 9.59 Å². The second-order valence-corrected chi connectivity index (χ2v) is 7.91. The van der Waals surface area contributed by atoms with Crippen LogP contribution >= 0.6 is 11.3 Å². The van der Waals surface area contributed by atoms with Gasteiger partial charge >= 0.3 is 0 Å². The molecule has 0 radical (unpaired) electrons. The third-order valence-corrected chi connectivity index (χ3v) is 5.39. The van der Waals surface area contributed by atoms with Crippen molar-refractivity contribution in [2.24, 2.45) is 0 Å². The highest BCUT2D eigenvalue weighted by Gasteiger charge is 2.15. The van der Waals surface area contributed by atoms with Gasteiger partial charge in [-0.1, -0.05) is 35.6 Å². The van der Waals surface area contributed by atoms with Crippen LogP contribution in [0.2, 0.25) is 0 Å². The number of hydrogen-bond acceptors (Lipinski definition) is 7. The van der Waals surface area contributed by atoms with Crippen LogP contribution < -0.4 is 15.4 Å². The highest BCUT2D eigenvalue weighted by Crippen LogP contribution is 2.20. The van der Waals surface area contributed by atoms with E-state index in [1.807, 2.05) is 31.2 Å². The molecule has 0 fully saturated rings. The largest absolute Gasteiger partial charge is 0.486 e. The van der Waals surface area contributed by atoms with E-state index in [4.69, 9.17) is 9.15 Å². The SMILES string of the molecule is Cc1ccccc1OCc1nnc(C(=O)Nc2cccc(C(=O)NCc3ccco3)c2)s1. The Morgan fingerprint density at radius 3 is 2.72 bits per heavy atom. The highest BCUT2D eigenvalue weighted by atomic mass is 32.1. The van der Waals surface area contributed by atoms with E-state index < -0.39 is 5.91 Å². The molecule has 2 amide bonds. The minimum Gasteiger partial charge on any atom is -0.486 e. The lowest BCUT2D eigenvalue weighted by Crippen LogP contribution is -2.22. The monoisotopic (exact) mass is 448 g/mol. The van der Waals surface area contributed by atoms with Gasteiger partial charge in [0.2, 0.25) is 5.01 Å². The second-order valence-electron chi connectivity index (χ2n) is 6.85. The fourth-order valence-electron chi connectivity index (χ4n) is 2.87. The van der Waals surface area contributed by atoms with Crippen molar-refractivity contribution in [3.8, 4) is 5.75 Å². The van der Waals surface area contributed by atoms with Crippen LogP contribution in [0.3, 0.4) is 0 Å².